The highest BCUT2D eigenvalue weighted by atomic mass is 16.4. The zero-order valence-corrected chi connectivity index (χ0v) is 9.62. The Morgan fingerprint density at radius 2 is 1.47 bits per heavy atom. The summed E-state index contributed by atoms with van der Waals surface area (Å²) in [6, 6.07) is 0.536. The van der Waals surface area contributed by atoms with Crippen LogP contribution in [0.5, 0.6) is 0 Å². The van der Waals surface area contributed by atoms with E-state index < -0.39 is 0 Å². The molecule has 0 amide bonds. The third-order valence-corrected chi connectivity index (χ3v) is 3.22. The summed E-state index contributed by atoms with van der Waals surface area (Å²) in [5.41, 5.74) is 6.62. The van der Waals surface area contributed by atoms with Crippen LogP contribution in [0.1, 0.15) is 64.2 Å². The van der Waals surface area contributed by atoms with Crippen LogP contribution in [0, 0.1) is 0 Å². The van der Waals surface area contributed by atoms with Gasteiger partial charge >= 0.3 is 0 Å². The van der Waals surface area contributed by atoms with Gasteiger partial charge in [-0.05, 0) is 38.5 Å². The van der Waals surface area contributed by atoms with E-state index in [4.69, 9.17) is 10.9 Å². The second-order valence-corrected chi connectivity index (χ2v) is 4.62. The standard InChI is InChI=1S/C6H11NO.C6H13N/c8-7-6-4-2-1-3-5-6;7-6-4-2-1-3-5-6/h8H,1-5H2;6H,1-5,7H2. The van der Waals surface area contributed by atoms with Crippen molar-refractivity contribution in [3.05, 3.63) is 0 Å². The number of nitrogens with zero attached hydrogens (tertiary/aromatic N) is 1. The van der Waals surface area contributed by atoms with E-state index >= 15 is 0 Å². The Hall–Kier alpha value is -0.570. The van der Waals surface area contributed by atoms with E-state index in [1.54, 1.807) is 0 Å². The molecule has 3 N–H and O–H groups in total. The van der Waals surface area contributed by atoms with Gasteiger partial charge in [0, 0.05) is 6.04 Å². The molecule has 3 nitrogen and oxygen atoms in total. The third-order valence-electron chi connectivity index (χ3n) is 3.22. The van der Waals surface area contributed by atoms with Crippen LogP contribution in [-0.2, 0) is 0 Å². The van der Waals surface area contributed by atoms with Crippen molar-refractivity contribution in [2.24, 2.45) is 10.9 Å². The molecule has 0 bridgehead atoms. The highest BCUT2D eigenvalue weighted by Crippen LogP contribution is 2.15. The zero-order valence-electron chi connectivity index (χ0n) is 9.62. The van der Waals surface area contributed by atoms with Crippen molar-refractivity contribution in [2.75, 3.05) is 0 Å². The first-order valence-corrected chi connectivity index (χ1v) is 6.28. The largest absolute Gasteiger partial charge is 0.411 e. The Morgan fingerprint density at radius 3 is 1.80 bits per heavy atom. The van der Waals surface area contributed by atoms with Crippen molar-refractivity contribution >= 4 is 5.71 Å². The fraction of sp³-hybridized carbons (Fsp3) is 0.917. The lowest BCUT2D eigenvalue weighted by molar-refractivity contribution is 0.314. The molecule has 15 heavy (non-hydrogen) atoms. The average molecular weight is 212 g/mol. The van der Waals surface area contributed by atoms with Crippen molar-refractivity contribution in [1.29, 1.82) is 0 Å². The van der Waals surface area contributed by atoms with Crippen LogP contribution in [0.4, 0.5) is 0 Å². The fourth-order valence-corrected chi connectivity index (χ4v) is 2.19. The Bertz CT molecular complexity index is 178. The third kappa shape index (κ3) is 5.78. The van der Waals surface area contributed by atoms with Crippen molar-refractivity contribution in [2.45, 2.75) is 70.3 Å². The first-order valence-electron chi connectivity index (χ1n) is 6.28. The van der Waals surface area contributed by atoms with E-state index in [1.807, 2.05) is 0 Å². The zero-order chi connectivity index (χ0) is 10.9. The molecule has 3 heteroatoms. The van der Waals surface area contributed by atoms with Gasteiger partial charge in [-0.25, -0.2) is 0 Å². The van der Waals surface area contributed by atoms with E-state index in [1.165, 1.54) is 51.4 Å². The summed E-state index contributed by atoms with van der Waals surface area (Å²) in [5, 5.41) is 11.4. The van der Waals surface area contributed by atoms with Crippen LogP contribution in [-0.4, -0.2) is 17.0 Å². The van der Waals surface area contributed by atoms with Crippen LogP contribution in [0.2, 0.25) is 0 Å². The summed E-state index contributed by atoms with van der Waals surface area (Å²) in [6.07, 6.45) is 12.4. The van der Waals surface area contributed by atoms with Gasteiger partial charge in [0.05, 0.1) is 5.71 Å². The van der Waals surface area contributed by atoms with E-state index in [0.717, 1.165) is 18.6 Å². The highest BCUT2D eigenvalue weighted by Gasteiger charge is 2.06. The Kier molecular flexibility index (Phi) is 6.41. The number of nitrogens with two attached hydrogens (primary N) is 1. The predicted octanol–water partition coefficient (Wildman–Crippen LogP) is 3.06. The fourth-order valence-electron chi connectivity index (χ4n) is 2.19. The molecule has 2 aliphatic rings. The molecule has 2 rings (SSSR count). The molecule has 2 fully saturated rings. The van der Waals surface area contributed by atoms with E-state index in [2.05, 4.69) is 5.16 Å². The predicted molar refractivity (Wildman–Crippen MR) is 63.4 cm³/mol. The van der Waals surface area contributed by atoms with Gasteiger partial charge in [-0.3, -0.25) is 0 Å². The molecule has 0 unspecified atom stereocenters. The summed E-state index contributed by atoms with van der Waals surface area (Å²) < 4.78 is 0. The first-order chi connectivity index (χ1) is 7.33. The maximum Gasteiger partial charge on any atom is 0.0570 e. The van der Waals surface area contributed by atoms with Gasteiger partial charge in [-0.2, -0.15) is 0 Å². The summed E-state index contributed by atoms with van der Waals surface area (Å²) in [7, 11) is 0. The normalized spacial score (nSPS) is 22.9. The second-order valence-electron chi connectivity index (χ2n) is 4.62. The number of rotatable bonds is 0. The summed E-state index contributed by atoms with van der Waals surface area (Å²) in [4.78, 5) is 0. The molecule has 0 aromatic carbocycles. The number of hydrogen-bond donors (Lipinski definition) is 2. The smallest absolute Gasteiger partial charge is 0.0570 e. The topological polar surface area (TPSA) is 58.6 Å². The van der Waals surface area contributed by atoms with Gasteiger partial charge in [0.2, 0.25) is 0 Å². The lowest BCUT2D eigenvalue weighted by Gasteiger charge is -2.15. The van der Waals surface area contributed by atoms with E-state index in [0.29, 0.717) is 6.04 Å². The highest BCUT2D eigenvalue weighted by molar-refractivity contribution is 5.84. The van der Waals surface area contributed by atoms with Crippen LogP contribution < -0.4 is 5.73 Å². The van der Waals surface area contributed by atoms with Crippen molar-refractivity contribution in [3.63, 3.8) is 0 Å². The summed E-state index contributed by atoms with van der Waals surface area (Å²) in [6.45, 7) is 0. The molecule has 2 saturated carbocycles. The lowest BCUT2D eigenvalue weighted by atomic mass is 9.97. The van der Waals surface area contributed by atoms with Gasteiger partial charge in [-0.15, -0.1) is 0 Å². The molecule has 0 atom stereocenters. The van der Waals surface area contributed by atoms with Crippen LogP contribution in [0.15, 0.2) is 5.16 Å². The van der Waals surface area contributed by atoms with Gasteiger partial charge in [0.1, 0.15) is 0 Å². The van der Waals surface area contributed by atoms with Crippen LogP contribution in [0.3, 0.4) is 0 Å². The minimum absolute atomic E-state index is 0.536. The molecule has 0 aliphatic heterocycles. The number of hydrogen-bond acceptors (Lipinski definition) is 3. The molecular formula is C12H24N2O. The molecule has 0 aromatic heterocycles. The number of oxime groups is 1. The lowest BCUT2D eigenvalue weighted by Crippen LogP contribution is -2.22. The van der Waals surface area contributed by atoms with Crippen LogP contribution >= 0.6 is 0 Å². The minimum Gasteiger partial charge on any atom is -0.411 e. The quantitative estimate of drug-likeness (QED) is 0.479. The molecular weight excluding hydrogens is 188 g/mol. The van der Waals surface area contributed by atoms with Crippen molar-refractivity contribution in [1.82, 2.24) is 0 Å². The van der Waals surface area contributed by atoms with E-state index in [-0.39, 0.29) is 0 Å². The van der Waals surface area contributed by atoms with Gasteiger partial charge < -0.3 is 10.9 Å². The maximum absolute atomic E-state index is 8.28. The maximum atomic E-state index is 8.28. The molecule has 0 radical (unpaired) electrons. The van der Waals surface area contributed by atoms with Gasteiger partial charge in [0.25, 0.3) is 0 Å². The van der Waals surface area contributed by atoms with Crippen molar-refractivity contribution in [3.8, 4) is 0 Å². The molecule has 88 valence electrons. The van der Waals surface area contributed by atoms with E-state index in [9.17, 15) is 0 Å². The Morgan fingerprint density at radius 1 is 0.933 bits per heavy atom. The first kappa shape index (κ1) is 12.5. The second kappa shape index (κ2) is 7.69. The van der Waals surface area contributed by atoms with Crippen LogP contribution in [0.25, 0.3) is 0 Å². The summed E-state index contributed by atoms with van der Waals surface area (Å²) >= 11 is 0. The Labute approximate surface area is 92.7 Å². The summed E-state index contributed by atoms with van der Waals surface area (Å²) in [5.74, 6) is 0. The molecule has 2 aliphatic carbocycles. The minimum atomic E-state index is 0.536. The van der Waals surface area contributed by atoms with Gasteiger partial charge in [-0.1, -0.05) is 30.8 Å². The van der Waals surface area contributed by atoms with Crippen molar-refractivity contribution < 1.29 is 5.21 Å². The Balaban J connectivity index is 0.000000151. The molecule has 0 heterocycles. The SMILES string of the molecule is NC1CCCCC1.ON=C1CCCCC1. The molecule has 0 spiro atoms. The monoisotopic (exact) mass is 212 g/mol. The van der Waals surface area contributed by atoms with Gasteiger partial charge in [0.15, 0.2) is 0 Å². The molecule has 0 aromatic rings. The average Bonchev–Trinajstić information content (AvgIpc) is 2.32. The molecule has 0 saturated heterocycles.